The van der Waals surface area contributed by atoms with Gasteiger partial charge >= 0.3 is 0 Å². The molecule has 3 heteroatoms. The molecule has 226 valence electrons. The zero-order valence-corrected chi connectivity index (χ0v) is 26.9. The number of anilines is 3. The van der Waals surface area contributed by atoms with Crippen LogP contribution in [0.2, 0.25) is 0 Å². The second-order valence-corrected chi connectivity index (χ2v) is 13.0. The van der Waals surface area contributed by atoms with Crippen molar-refractivity contribution in [3.05, 3.63) is 182 Å². The van der Waals surface area contributed by atoms with Crippen LogP contribution < -0.4 is 4.90 Å². The molecular weight excluding hydrogens is 601 g/mol. The number of hydrogen-bond acceptors (Lipinski definition) is 3. The van der Waals surface area contributed by atoms with E-state index < -0.39 is 0 Å². The smallest absolute Gasteiger partial charge is 0.0540 e. The highest BCUT2D eigenvalue weighted by atomic mass is 32.2. The highest BCUT2D eigenvalue weighted by molar-refractivity contribution is 7.99. The van der Waals surface area contributed by atoms with Gasteiger partial charge in [0.25, 0.3) is 0 Å². The Bertz CT molecular complexity index is 2370. The molecule has 0 amide bonds. The number of benzene rings is 7. The summed E-state index contributed by atoms with van der Waals surface area (Å²) in [4.78, 5) is 9.49. The number of aromatic nitrogens is 1. The zero-order chi connectivity index (χ0) is 31.9. The van der Waals surface area contributed by atoms with Crippen LogP contribution in [0.25, 0.3) is 55.3 Å². The van der Waals surface area contributed by atoms with Crippen molar-refractivity contribution in [2.24, 2.45) is 0 Å². The molecule has 2 heterocycles. The number of para-hydroxylation sites is 1. The molecule has 0 radical (unpaired) electrons. The normalized spacial score (nSPS) is 11.7. The van der Waals surface area contributed by atoms with E-state index in [0.717, 1.165) is 22.6 Å². The van der Waals surface area contributed by atoms with Crippen LogP contribution in [0.1, 0.15) is 0 Å². The molecule has 1 aromatic heterocycles. The summed E-state index contributed by atoms with van der Waals surface area (Å²) in [6.07, 6.45) is 3.92. The number of rotatable bonds is 5. The van der Waals surface area contributed by atoms with Gasteiger partial charge < -0.3 is 4.90 Å². The predicted molar refractivity (Wildman–Crippen MR) is 202 cm³/mol. The SMILES string of the molecule is c1ccc(-c2ccc(N(c3ccccc3-c3ccccc3)c3ccc4c5c(cccc35)-c3ccccc3Sc3ccncc3-4)cc2)cc1. The van der Waals surface area contributed by atoms with Gasteiger partial charge in [-0.2, -0.15) is 0 Å². The molecule has 0 saturated heterocycles. The number of fused-ring (bicyclic) bond motifs is 4. The Morgan fingerprint density at radius 2 is 1.02 bits per heavy atom. The largest absolute Gasteiger partial charge is 0.309 e. The molecule has 1 aliphatic heterocycles. The standard InChI is InChI=1S/C45H30N2S/c1-3-12-31(13-4-1)32-22-24-34(25-23-32)47(41-20-9-7-16-35(41)33-14-5-2-6-15-33)42-27-26-38-40-30-46-29-28-44(40)48-43-21-10-8-17-36(43)37-18-11-19-39(42)45(37)38/h1-30H. The van der Waals surface area contributed by atoms with Crippen LogP contribution in [0.5, 0.6) is 0 Å². The van der Waals surface area contributed by atoms with Gasteiger partial charge in [0.1, 0.15) is 0 Å². The third-order valence-corrected chi connectivity index (χ3v) is 10.3. The van der Waals surface area contributed by atoms with Gasteiger partial charge in [-0.3, -0.25) is 4.98 Å². The molecule has 0 unspecified atom stereocenters. The fraction of sp³-hybridized carbons (Fsp3) is 0. The maximum atomic E-state index is 4.59. The monoisotopic (exact) mass is 630 g/mol. The summed E-state index contributed by atoms with van der Waals surface area (Å²) >= 11 is 1.82. The van der Waals surface area contributed by atoms with E-state index in [1.54, 1.807) is 0 Å². The van der Waals surface area contributed by atoms with E-state index in [-0.39, 0.29) is 0 Å². The van der Waals surface area contributed by atoms with Gasteiger partial charge in [-0.05, 0) is 75.2 Å². The molecule has 0 atom stereocenters. The maximum absolute atomic E-state index is 4.59. The van der Waals surface area contributed by atoms with Gasteiger partial charge in [-0.15, -0.1) is 0 Å². The molecule has 9 rings (SSSR count). The quantitative estimate of drug-likeness (QED) is 0.188. The Balaban J connectivity index is 1.34. The van der Waals surface area contributed by atoms with Gasteiger partial charge in [0.2, 0.25) is 0 Å². The highest BCUT2D eigenvalue weighted by Gasteiger charge is 2.24. The van der Waals surface area contributed by atoms with Crippen LogP contribution in [0.3, 0.4) is 0 Å². The average Bonchev–Trinajstić information content (AvgIpc) is 3.16. The topological polar surface area (TPSA) is 16.1 Å². The summed E-state index contributed by atoms with van der Waals surface area (Å²) in [5.74, 6) is 0. The van der Waals surface area contributed by atoms with E-state index in [1.165, 1.54) is 59.5 Å². The first-order valence-electron chi connectivity index (χ1n) is 16.2. The third-order valence-electron chi connectivity index (χ3n) is 9.19. The summed E-state index contributed by atoms with van der Waals surface area (Å²) in [5, 5.41) is 2.43. The lowest BCUT2D eigenvalue weighted by Crippen LogP contribution is -2.12. The Kier molecular flexibility index (Phi) is 7.10. The van der Waals surface area contributed by atoms with Crippen LogP contribution in [-0.2, 0) is 0 Å². The molecular formula is C45H30N2S. The van der Waals surface area contributed by atoms with E-state index in [9.17, 15) is 0 Å². The molecule has 0 fully saturated rings. The minimum absolute atomic E-state index is 1.10. The molecule has 0 bridgehead atoms. The molecule has 0 aliphatic carbocycles. The van der Waals surface area contributed by atoms with Crippen LogP contribution in [0.15, 0.2) is 192 Å². The second-order valence-electron chi connectivity index (χ2n) is 12.0. The van der Waals surface area contributed by atoms with Gasteiger partial charge in [0.05, 0.1) is 11.4 Å². The van der Waals surface area contributed by atoms with Crippen molar-refractivity contribution in [1.29, 1.82) is 0 Å². The van der Waals surface area contributed by atoms with Crippen molar-refractivity contribution in [2.75, 3.05) is 4.90 Å². The van der Waals surface area contributed by atoms with Gasteiger partial charge in [-0.1, -0.05) is 145 Å². The molecule has 0 N–H and O–H groups in total. The van der Waals surface area contributed by atoms with Crippen molar-refractivity contribution in [1.82, 2.24) is 4.98 Å². The lowest BCUT2D eigenvalue weighted by atomic mass is 9.90. The van der Waals surface area contributed by atoms with Crippen molar-refractivity contribution < 1.29 is 0 Å². The molecule has 8 aromatic rings. The summed E-state index contributed by atoms with van der Waals surface area (Å²) in [6.45, 7) is 0. The van der Waals surface area contributed by atoms with E-state index in [4.69, 9.17) is 0 Å². The van der Waals surface area contributed by atoms with Crippen LogP contribution in [0, 0.1) is 0 Å². The summed E-state index contributed by atoms with van der Waals surface area (Å²) in [7, 11) is 0. The van der Waals surface area contributed by atoms with E-state index >= 15 is 0 Å². The number of pyridine rings is 1. The van der Waals surface area contributed by atoms with Crippen molar-refractivity contribution in [2.45, 2.75) is 9.79 Å². The molecule has 48 heavy (non-hydrogen) atoms. The van der Waals surface area contributed by atoms with Gasteiger partial charge in [-0.25, -0.2) is 0 Å². The van der Waals surface area contributed by atoms with Gasteiger partial charge in [0.15, 0.2) is 0 Å². The van der Waals surface area contributed by atoms with Crippen LogP contribution in [0.4, 0.5) is 17.1 Å². The molecule has 0 saturated carbocycles. The minimum atomic E-state index is 1.10. The summed E-state index contributed by atoms with van der Waals surface area (Å²) in [6, 6.07) is 61.2. The van der Waals surface area contributed by atoms with Crippen LogP contribution >= 0.6 is 11.8 Å². The fourth-order valence-electron chi connectivity index (χ4n) is 6.98. The second kappa shape index (κ2) is 12.0. The summed E-state index contributed by atoms with van der Waals surface area (Å²) < 4.78 is 0. The highest BCUT2D eigenvalue weighted by Crippen LogP contribution is 2.51. The average molecular weight is 631 g/mol. The Morgan fingerprint density at radius 3 is 1.83 bits per heavy atom. The fourth-order valence-corrected chi connectivity index (χ4v) is 8.05. The lowest BCUT2D eigenvalue weighted by molar-refractivity contribution is 1.26. The van der Waals surface area contributed by atoms with E-state index in [0.29, 0.717) is 0 Å². The van der Waals surface area contributed by atoms with Gasteiger partial charge in [0, 0.05) is 44.4 Å². The predicted octanol–water partition coefficient (Wildman–Crippen LogP) is 12.8. The minimum Gasteiger partial charge on any atom is -0.309 e. The van der Waals surface area contributed by atoms with E-state index in [2.05, 4.69) is 180 Å². The zero-order valence-electron chi connectivity index (χ0n) is 26.1. The first kappa shape index (κ1) is 28.3. The molecule has 1 aliphatic rings. The Morgan fingerprint density at radius 1 is 0.396 bits per heavy atom. The molecule has 0 spiro atoms. The first-order valence-corrected chi connectivity index (χ1v) is 17.0. The third kappa shape index (κ3) is 4.88. The molecule has 7 aromatic carbocycles. The number of nitrogens with zero attached hydrogens (tertiary/aromatic N) is 2. The Labute approximate surface area is 285 Å². The number of hydrogen-bond donors (Lipinski definition) is 0. The Hall–Kier alpha value is -5.90. The van der Waals surface area contributed by atoms with E-state index in [1.807, 2.05) is 24.2 Å². The maximum Gasteiger partial charge on any atom is 0.0540 e. The van der Waals surface area contributed by atoms with Crippen molar-refractivity contribution in [3.8, 4) is 44.5 Å². The van der Waals surface area contributed by atoms with Crippen molar-refractivity contribution >= 4 is 39.6 Å². The lowest BCUT2D eigenvalue weighted by Gasteiger charge is -2.30. The van der Waals surface area contributed by atoms with Crippen LogP contribution in [-0.4, -0.2) is 4.98 Å². The molecule has 2 nitrogen and oxygen atoms in total. The summed E-state index contributed by atoms with van der Waals surface area (Å²) in [5.41, 5.74) is 12.9. The first-order chi connectivity index (χ1) is 23.8. The van der Waals surface area contributed by atoms with Crippen molar-refractivity contribution in [3.63, 3.8) is 0 Å².